The van der Waals surface area contributed by atoms with Crippen LogP contribution in [0.5, 0.6) is 11.5 Å². The van der Waals surface area contributed by atoms with E-state index in [1.165, 1.54) is 6.07 Å². The van der Waals surface area contributed by atoms with Gasteiger partial charge in [-0.2, -0.15) is 0 Å². The Morgan fingerprint density at radius 2 is 1.95 bits per heavy atom. The molecule has 0 heterocycles. The molecule has 0 aliphatic heterocycles. The number of hydrogen-bond acceptors (Lipinski definition) is 3. The predicted octanol–water partition coefficient (Wildman–Crippen LogP) is 3.13. The van der Waals surface area contributed by atoms with E-state index in [1.54, 1.807) is 13.2 Å². The third kappa shape index (κ3) is 3.48. The molecule has 0 atom stereocenters. The van der Waals surface area contributed by atoms with Gasteiger partial charge < -0.3 is 14.8 Å². The van der Waals surface area contributed by atoms with Gasteiger partial charge in [-0.05, 0) is 30.8 Å². The van der Waals surface area contributed by atoms with E-state index >= 15 is 0 Å². The quantitative estimate of drug-likeness (QED) is 0.878. The van der Waals surface area contributed by atoms with Crippen LogP contribution in [-0.2, 0) is 13.2 Å². The minimum atomic E-state index is -0.347. The summed E-state index contributed by atoms with van der Waals surface area (Å²) in [6, 6.07) is 12.5. The van der Waals surface area contributed by atoms with Crippen LogP contribution in [0.15, 0.2) is 42.5 Å². The molecule has 0 amide bonds. The van der Waals surface area contributed by atoms with E-state index in [4.69, 9.17) is 9.47 Å². The van der Waals surface area contributed by atoms with Crippen molar-refractivity contribution in [3.8, 4) is 11.5 Å². The van der Waals surface area contributed by atoms with Crippen molar-refractivity contribution in [3.05, 3.63) is 59.4 Å². The zero-order chi connectivity index (χ0) is 14.4. The summed E-state index contributed by atoms with van der Waals surface area (Å²) in [5.74, 6) is 0.709. The van der Waals surface area contributed by atoms with Gasteiger partial charge in [-0.15, -0.1) is 0 Å². The first kappa shape index (κ1) is 14.3. The van der Waals surface area contributed by atoms with Crippen molar-refractivity contribution >= 4 is 0 Å². The Hall–Kier alpha value is -2.07. The molecule has 3 nitrogen and oxygen atoms in total. The maximum atomic E-state index is 13.8. The summed E-state index contributed by atoms with van der Waals surface area (Å²) >= 11 is 0. The van der Waals surface area contributed by atoms with Crippen molar-refractivity contribution in [2.75, 3.05) is 14.2 Å². The molecule has 2 aromatic carbocycles. The van der Waals surface area contributed by atoms with Crippen molar-refractivity contribution < 1.29 is 13.9 Å². The molecule has 20 heavy (non-hydrogen) atoms. The van der Waals surface area contributed by atoms with Crippen LogP contribution in [0, 0.1) is 5.82 Å². The molecule has 0 fully saturated rings. The molecule has 0 unspecified atom stereocenters. The minimum absolute atomic E-state index is 0.296. The average Bonchev–Trinajstić information content (AvgIpc) is 2.47. The number of nitrogens with one attached hydrogen (secondary N) is 1. The van der Waals surface area contributed by atoms with Crippen LogP contribution in [-0.4, -0.2) is 14.2 Å². The first-order chi connectivity index (χ1) is 9.74. The highest BCUT2D eigenvalue weighted by atomic mass is 19.1. The lowest BCUT2D eigenvalue weighted by Crippen LogP contribution is -2.08. The lowest BCUT2D eigenvalue weighted by molar-refractivity contribution is 0.285. The largest absolute Gasteiger partial charge is 0.497 e. The highest BCUT2D eigenvalue weighted by Gasteiger charge is 2.09. The fourth-order valence-corrected chi connectivity index (χ4v) is 1.96. The number of halogens is 1. The summed E-state index contributed by atoms with van der Waals surface area (Å²) in [5.41, 5.74) is 1.73. The van der Waals surface area contributed by atoms with Gasteiger partial charge in [0.25, 0.3) is 0 Å². The maximum absolute atomic E-state index is 13.8. The molecule has 0 aliphatic carbocycles. The molecule has 0 saturated heterocycles. The van der Waals surface area contributed by atoms with E-state index in [0.29, 0.717) is 18.9 Å². The van der Waals surface area contributed by atoms with E-state index in [2.05, 4.69) is 5.32 Å². The fraction of sp³-hybridized carbons (Fsp3) is 0.250. The number of para-hydroxylation sites is 1. The smallest absolute Gasteiger partial charge is 0.165 e. The number of rotatable bonds is 6. The second kappa shape index (κ2) is 6.91. The summed E-state index contributed by atoms with van der Waals surface area (Å²) in [5, 5.41) is 3.00. The van der Waals surface area contributed by atoms with Gasteiger partial charge >= 0.3 is 0 Å². The normalized spacial score (nSPS) is 10.3. The van der Waals surface area contributed by atoms with Crippen molar-refractivity contribution in [2.24, 2.45) is 0 Å². The Kier molecular flexibility index (Phi) is 4.96. The molecule has 106 valence electrons. The molecule has 0 spiro atoms. The van der Waals surface area contributed by atoms with Crippen LogP contribution in [0.3, 0.4) is 0 Å². The second-order valence-electron chi connectivity index (χ2n) is 4.40. The molecule has 2 rings (SSSR count). The van der Waals surface area contributed by atoms with Gasteiger partial charge in [0, 0.05) is 12.1 Å². The van der Waals surface area contributed by atoms with E-state index in [9.17, 15) is 4.39 Å². The van der Waals surface area contributed by atoms with Gasteiger partial charge in [0.2, 0.25) is 0 Å². The predicted molar refractivity (Wildman–Crippen MR) is 76.5 cm³/mol. The van der Waals surface area contributed by atoms with Gasteiger partial charge in [0.05, 0.1) is 7.11 Å². The zero-order valence-electron chi connectivity index (χ0n) is 11.7. The third-order valence-electron chi connectivity index (χ3n) is 2.93. The molecule has 0 bridgehead atoms. The third-order valence-corrected chi connectivity index (χ3v) is 2.93. The monoisotopic (exact) mass is 275 g/mol. The van der Waals surface area contributed by atoms with Gasteiger partial charge in [-0.1, -0.05) is 24.3 Å². The molecule has 0 saturated carbocycles. The Bertz CT molecular complexity index is 572. The van der Waals surface area contributed by atoms with Crippen LogP contribution < -0.4 is 14.8 Å². The van der Waals surface area contributed by atoms with Gasteiger partial charge in [-0.3, -0.25) is 0 Å². The Morgan fingerprint density at radius 1 is 1.15 bits per heavy atom. The first-order valence-corrected chi connectivity index (χ1v) is 6.42. The molecule has 4 heteroatoms. The summed E-state index contributed by atoms with van der Waals surface area (Å²) in [7, 11) is 3.43. The molecule has 1 N–H and O–H groups in total. The lowest BCUT2D eigenvalue weighted by Gasteiger charge is -2.12. The average molecular weight is 275 g/mol. The fourth-order valence-electron chi connectivity index (χ4n) is 1.96. The van der Waals surface area contributed by atoms with E-state index < -0.39 is 0 Å². The maximum Gasteiger partial charge on any atom is 0.165 e. The highest BCUT2D eigenvalue weighted by molar-refractivity contribution is 5.35. The van der Waals surface area contributed by atoms with Crippen molar-refractivity contribution in [3.63, 3.8) is 0 Å². The lowest BCUT2D eigenvalue weighted by atomic mass is 10.2. The number of ether oxygens (including phenoxy) is 2. The SMILES string of the molecule is CNCc1cccc(F)c1OCc1cccc(OC)c1. The van der Waals surface area contributed by atoms with Crippen molar-refractivity contribution in [2.45, 2.75) is 13.2 Å². The Labute approximate surface area is 118 Å². The van der Waals surface area contributed by atoms with Crippen LogP contribution in [0.4, 0.5) is 4.39 Å². The topological polar surface area (TPSA) is 30.5 Å². The molecular weight excluding hydrogens is 257 g/mol. The Balaban J connectivity index is 2.13. The summed E-state index contributed by atoms with van der Waals surface area (Å²) in [4.78, 5) is 0. The van der Waals surface area contributed by atoms with Crippen LogP contribution >= 0.6 is 0 Å². The first-order valence-electron chi connectivity index (χ1n) is 6.42. The molecular formula is C16H18FNO2. The van der Waals surface area contributed by atoms with Crippen molar-refractivity contribution in [1.82, 2.24) is 5.32 Å². The molecule has 0 aromatic heterocycles. The van der Waals surface area contributed by atoms with E-state index in [-0.39, 0.29) is 5.82 Å². The number of methoxy groups -OCH3 is 1. The number of benzene rings is 2. The summed E-state index contributed by atoms with van der Waals surface area (Å²) in [6.07, 6.45) is 0. The van der Waals surface area contributed by atoms with Crippen LogP contribution in [0.2, 0.25) is 0 Å². The Morgan fingerprint density at radius 3 is 2.70 bits per heavy atom. The van der Waals surface area contributed by atoms with Crippen LogP contribution in [0.1, 0.15) is 11.1 Å². The molecule has 0 radical (unpaired) electrons. The second-order valence-corrected chi connectivity index (χ2v) is 4.40. The molecule has 0 aliphatic rings. The van der Waals surface area contributed by atoms with Crippen molar-refractivity contribution in [1.29, 1.82) is 0 Å². The van der Waals surface area contributed by atoms with E-state index in [1.807, 2.05) is 37.4 Å². The number of hydrogen-bond donors (Lipinski definition) is 1. The standard InChI is InChI=1S/C16H18FNO2/c1-18-10-13-6-4-8-15(17)16(13)20-11-12-5-3-7-14(9-12)19-2/h3-9,18H,10-11H2,1-2H3. The van der Waals surface area contributed by atoms with Gasteiger partial charge in [0.1, 0.15) is 12.4 Å². The summed E-state index contributed by atoms with van der Waals surface area (Å²) in [6.45, 7) is 0.861. The van der Waals surface area contributed by atoms with Crippen LogP contribution in [0.25, 0.3) is 0 Å². The minimum Gasteiger partial charge on any atom is -0.497 e. The van der Waals surface area contributed by atoms with Gasteiger partial charge in [-0.25, -0.2) is 4.39 Å². The zero-order valence-corrected chi connectivity index (χ0v) is 11.7. The molecule has 2 aromatic rings. The highest BCUT2D eigenvalue weighted by Crippen LogP contribution is 2.24. The van der Waals surface area contributed by atoms with Gasteiger partial charge in [0.15, 0.2) is 11.6 Å². The summed E-state index contributed by atoms with van der Waals surface area (Å²) < 4.78 is 24.6. The van der Waals surface area contributed by atoms with E-state index in [0.717, 1.165) is 16.9 Å².